The number of ether oxygens (including phenoxy) is 3. The maximum Gasteiger partial charge on any atom is 0.305 e. The summed E-state index contributed by atoms with van der Waals surface area (Å²) in [5.41, 5.74) is 0.519. The van der Waals surface area contributed by atoms with E-state index < -0.39 is 0 Å². The molecular weight excluding hydrogens is 260 g/mol. The van der Waals surface area contributed by atoms with Crippen LogP contribution in [0, 0.1) is 0 Å². The molecule has 0 atom stereocenters. The van der Waals surface area contributed by atoms with Crippen LogP contribution in [-0.4, -0.2) is 32.6 Å². The summed E-state index contributed by atoms with van der Waals surface area (Å²) in [6.45, 7) is 2.12. The predicted octanol–water partition coefficient (Wildman–Crippen LogP) is 2.62. The Hall–Kier alpha value is -2.04. The average molecular weight is 280 g/mol. The molecule has 0 saturated carbocycles. The minimum atomic E-state index is -0.275. The highest BCUT2D eigenvalue weighted by Crippen LogP contribution is 2.23. The first-order chi connectivity index (χ1) is 9.60. The van der Waals surface area contributed by atoms with Gasteiger partial charge in [0.1, 0.15) is 11.5 Å². The van der Waals surface area contributed by atoms with Crippen LogP contribution in [0.2, 0.25) is 0 Å². The van der Waals surface area contributed by atoms with Gasteiger partial charge in [0, 0.05) is 24.5 Å². The zero-order chi connectivity index (χ0) is 15.0. The molecule has 0 aliphatic carbocycles. The van der Waals surface area contributed by atoms with Crippen LogP contribution in [0.1, 0.15) is 36.5 Å². The molecule has 0 bridgehead atoms. The lowest BCUT2D eigenvalue weighted by atomic mass is 10.0. The van der Waals surface area contributed by atoms with Gasteiger partial charge in [-0.05, 0) is 25.5 Å². The topological polar surface area (TPSA) is 61.8 Å². The van der Waals surface area contributed by atoms with Crippen LogP contribution in [0.5, 0.6) is 11.5 Å². The molecule has 110 valence electrons. The molecule has 0 saturated heterocycles. The molecule has 0 spiro atoms. The number of esters is 1. The zero-order valence-electron chi connectivity index (χ0n) is 12.1. The van der Waals surface area contributed by atoms with Crippen molar-refractivity contribution in [2.45, 2.75) is 26.2 Å². The molecule has 0 aromatic heterocycles. The first-order valence-electron chi connectivity index (χ1n) is 6.52. The minimum absolute atomic E-state index is 0.0495. The number of carbonyl (C=O) groups is 2. The number of hydrogen-bond acceptors (Lipinski definition) is 5. The molecule has 5 nitrogen and oxygen atoms in total. The molecule has 0 aliphatic heterocycles. The third kappa shape index (κ3) is 4.91. The summed E-state index contributed by atoms with van der Waals surface area (Å²) in [6, 6.07) is 5.03. The van der Waals surface area contributed by atoms with Crippen LogP contribution in [0.15, 0.2) is 18.2 Å². The van der Waals surface area contributed by atoms with E-state index in [1.54, 1.807) is 25.1 Å². The summed E-state index contributed by atoms with van der Waals surface area (Å²) in [6.07, 6.45) is 1.01. The Morgan fingerprint density at radius 1 is 1.00 bits per heavy atom. The number of methoxy groups -OCH3 is 2. The van der Waals surface area contributed by atoms with E-state index in [0.29, 0.717) is 30.1 Å². The largest absolute Gasteiger partial charge is 0.497 e. The smallest absolute Gasteiger partial charge is 0.305 e. The lowest BCUT2D eigenvalue weighted by molar-refractivity contribution is -0.143. The van der Waals surface area contributed by atoms with E-state index in [0.717, 1.165) is 0 Å². The van der Waals surface area contributed by atoms with Crippen molar-refractivity contribution in [3.63, 3.8) is 0 Å². The second kappa shape index (κ2) is 8.19. The maximum atomic E-state index is 12.1. The lowest BCUT2D eigenvalue weighted by Gasteiger charge is -2.07. The molecule has 5 heteroatoms. The van der Waals surface area contributed by atoms with Crippen LogP contribution in [0.4, 0.5) is 0 Å². The van der Waals surface area contributed by atoms with Crippen LogP contribution in [0.25, 0.3) is 0 Å². The van der Waals surface area contributed by atoms with Crippen molar-refractivity contribution in [2.24, 2.45) is 0 Å². The molecule has 0 heterocycles. The number of rotatable bonds is 8. The molecule has 0 fully saturated rings. The molecular formula is C15H20O5. The SMILES string of the molecule is CCOC(=O)CCCC(=O)c1cc(OC)cc(OC)c1. The average Bonchev–Trinajstić information content (AvgIpc) is 2.46. The summed E-state index contributed by atoms with van der Waals surface area (Å²) >= 11 is 0. The fourth-order valence-electron chi connectivity index (χ4n) is 1.74. The van der Waals surface area contributed by atoms with Gasteiger partial charge in [-0.15, -0.1) is 0 Å². The van der Waals surface area contributed by atoms with E-state index in [2.05, 4.69) is 0 Å². The van der Waals surface area contributed by atoms with Crippen molar-refractivity contribution in [3.8, 4) is 11.5 Å². The Balaban J connectivity index is 2.60. The van der Waals surface area contributed by atoms with Crippen LogP contribution in [-0.2, 0) is 9.53 Å². The number of Topliss-reactive ketones (excluding diaryl/α,β-unsaturated/α-hetero) is 1. The summed E-state index contributed by atoms with van der Waals surface area (Å²) in [4.78, 5) is 23.2. The Morgan fingerprint density at radius 2 is 1.60 bits per heavy atom. The van der Waals surface area contributed by atoms with Gasteiger partial charge in [0.05, 0.1) is 20.8 Å². The van der Waals surface area contributed by atoms with E-state index in [1.807, 2.05) is 0 Å². The van der Waals surface area contributed by atoms with Gasteiger partial charge in [-0.2, -0.15) is 0 Å². The van der Waals surface area contributed by atoms with Gasteiger partial charge >= 0.3 is 5.97 Å². The van der Waals surface area contributed by atoms with Gasteiger partial charge in [-0.1, -0.05) is 0 Å². The van der Waals surface area contributed by atoms with Crippen molar-refractivity contribution < 1.29 is 23.8 Å². The molecule has 0 amide bonds. The first-order valence-corrected chi connectivity index (χ1v) is 6.52. The van der Waals surface area contributed by atoms with Crippen molar-refractivity contribution >= 4 is 11.8 Å². The second-order valence-electron chi connectivity index (χ2n) is 4.18. The van der Waals surface area contributed by atoms with E-state index in [4.69, 9.17) is 14.2 Å². The summed E-state index contributed by atoms with van der Waals surface area (Å²) in [5.74, 6) is 0.811. The highest BCUT2D eigenvalue weighted by Gasteiger charge is 2.11. The monoisotopic (exact) mass is 280 g/mol. The Morgan fingerprint density at radius 3 is 2.10 bits per heavy atom. The van der Waals surface area contributed by atoms with Gasteiger partial charge in [-0.25, -0.2) is 0 Å². The number of carbonyl (C=O) groups excluding carboxylic acids is 2. The normalized spacial score (nSPS) is 9.95. The number of ketones is 1. The Labute approximate surface area is 118 Å². The molecule has 1 rings (SSSR count). The summed E-state index contributed by atoms with van der Waals surface area (Å²) in [5, 5.41) is 0. The molecule has 0 radical (unpaired) electrons. The standard InChI is InChI=1S/C15H20O5/c1-4-20-15(17)7-5-6-14(16)11-8-12(18-2)10-13(9-11)19-3/h8-10H,4-7H2,1-3H3. The van der Waals surface area contributed by atoms with Crippen LogP contribution >= 0.6 is 0 Å². The van der Waals surface area contributed by atoms with E-state index >= 15 is 0 Å². The summed E-state index contributed by atoms with van der Waals surface area (Å²) < 4.78 is 15.0. The van der Waals surface area contributed by atoms with E-state index in [1.165, 1.54) is 14.2 Å². The van der Waals surface area contributed by atoms with Crippen LogP contribution < -0.4 is 9.47 Å². The van der Waals surface area contributed by atoms with Gasteiger partial charge < -0.3 is 14.2 Å². The highest BCUT2D eigenvalue weighted by atomic mass is 16.5. The van der Waals surface area contributed by atoms with Gasteiger partial charge in [0.25, 0.3) is 0 Å². The van der Waals surface area contributed by atoms with Gasteiger partial charge in [0.2, 0.25) is 0 Å². The molecule has 1 aromatic carbocycles. The predicted molar refractivity (Wildman–Crippen MR) is 74.4 cm³/mol. The van der Waals surface area contributed by atoms with Crippen molar-refractivity contribution in [1.29, 1.82) is 0 Å². The number of hydrogen-bond donors (Lipinski definition) is 0. The molecule has 0 unspecified atom stereocenters. The highest BCUT2D eigenvalue weighted by molar-refractivity contribution is 5.97. The fourth-order valence-corrected chi connectivity index (χ4v) is 1.74. The summed E-state index contributed by atoms with van der Waals surface area (Å²) in [7, 11) is 3.06. The molecule has 0 aliphatic rings. The van der Waals surface area contributed by atoms with Crippen molar-refractivity contribution in [1.82, 2.24) is 0 Å². The lowest BCUT2D eigenvalue weighted by Crippen LogP contribution is -2.06. The van der Waals surface area contributed by atoms with Gasteiger partial charge in [-0.3, -0.25) is 9.59 Å². The van der Waals surface area contributed by atoms with Crippen molar-refractivity contribution in [3.05, 3.63) is 23.8 Å². The minimum Gasteiger partial charge on any atom is -0.497 e. The van der Waals surface area contributed by atoms with Crippen LogP contribution in [0.3, 0.4) is 0 Å². The van der Waals surface area contributed by atoms with E-state index in [-0.39, 0.29) is 24.6 Å². The molecule has 1 aromatic rings. The third-order valence-electron chi connectivity index (χ3n) is 2.76. The fraction of sp³-hybridized carbons (Fsp3) is 0.467. The first kappa shape index (κ1) is 16.0. The Bertz CT molecular complexity index is 445. The quantitative estimate of drug-likeness (QED) is 0.541. The van der Waals surface area contributed by atoms with E-state index in [9.17, 15) is 9.59 Å². The zero-order valence-corrected chi connectivity index (χ0v) is 12.1. The van der Waals surface area contributed by atoms with Gasteiger partial charge in [0.15, 0.2) is 5.78 Å². The second-order valence-corrected chi connectivity index (χ2v) is 4.18. The third-order valence-corrected chi connectivity index (χ3v) is 2.76. The Kier molecular flexibility index (Phi) is 6.56. The maximum absolute atomic E-state index is 12.1. The molecule has 0 N–H and O–H groups in total. The number of benzene rings is 1. The molecule has 20 heavy (non-hydrogen) atoms. The van der Waals surface area contributed by atoms with Crippen molar-refractivity contribution in [2.75, 3.05) is 20.8 Å².